The van der Waals surface area contributed by atoms with Crippen LogP contribution in [0.3, 0.4) is 0 Å². The van der Waals surface area contributed by atoms with Crippen LogP contribution in [0.1, 0.15) is 33.3 Å². The van der Waals surface area contributed by atoms with Crippen LogP contribution in [0.4, 0.5) is 4.39 Å². The summed E-state index contributed by atoms with van der Waals surface area (Å²) in [6.07, 6.45) is 0.0341. The Morgan fingerprint density at radius 3 is 2.94 bits per heavy atom. The van der Waals surface area contributed by atoms with E-state index in [0.717, 1.165) is 10.4 Å². The monoisotopic (exact) mass is 262 g/mol. The highest BCUT2D eigenvalue weighted by molar-refractivity contribution is 7.10. The number of fused-ring (bicyclic) bond motifs is 1. The zero-order valence-corrected chi connectivity index (χ0v) is 10.6. The lowest BCUT2D eigenvalue weighted by Gasteiger charge is -2.25. The Morgan fingerprint density at radius 2 is 2.22 bits per heavy atom. The van der Waals surface area contributed by atoms with E-state index in [2.05, 4.69) is 0 Å². The van der Waals surface area contributed by atoms with E-state index in [9.17, 15) is 9.18 Å². The highest BCUT2D eigenvalue weighted by atomic mass is 32.1. The second kappa shape index (κ2) is 4.21. The van der Waals surface area contributed by atoms with Crippen molar-refractivity contribution in [2.24, 2.45) is 0 Å². The van der Waals surface area contributed by atoms with Gasteiger partial charge in [0.1, 0.15) is 17.7 Å². The standard InChI is InChI=1S/C14H11FO2S/c1-8-4-5-18-14(8)13-7-11(16)10-3-2-9(15)6-12(10)17-13/h2-6,13H,7H2,1H3. The minimum Gasteiger partial charge on any atom is -0.484 e. The summed E-state index contributed by atoms with van der Waals surface area (Å²) in [6.45, 7) is 1.99. The molecule has 2 aromatic rings. The predicted octanol–water partition coefficient (Wildman–Crippen LogP) is 3.90. The quantitative estimate of drug-likeness (QED) is 0.779. The SMILES string of the molecule is Cc1ccsc1C1CC(=O)c2ccc(F)cc2O1. The second-order valence-corrected chi connectivity index (χ2v) is 5.29. The van der Waals surface area contributed by atoms with Gasteiger partial charge in [-0.1, -0.05) is 0 Å². The van der Waals surface area contributed by atoms with Crippen molar-refractivity contribution >= 4 is 17.1 Å². The maximum atomic E-state index is 13.2. The molecule has 18 heavy (non-hydrogen) atoms. The summed E-state index contributed by atoms with van der Waals surface area (Å²) in [5.41, 5.74) is 1.58. The fourth-order valence-corrected chi connectivity index (χ4v) is 3.11. The van der Waals surface area contributed by atoms with Crippen molar-refractivity contribution in [2.45, 2.75) is 19.4 Å². The van der Waals surface area contributed by atoms with E-state index >= 15 is 0 Å². The fraction of sp³-hybridized carbons (Fsp3) is 0.214. The van der Waals surface area contributed by atoms with E-state index in [1.807, 2.05) is 18.4 Å². The van der Waals surface area contributed by atoms with Gasteiger partial charge in [-0.3, -0.25) is 4.79 Å². The van der Waals surface area contributed by atoms with Crippen molar-refractivity contribution in [1.82, 2.24) is 0 Å². The van der Waals surface area contributed by atoms with Gasteiger partial charge in [-0.25, -0.2) is 4.39 Å². The zero-order valence-electron chi connectivity index (χ0n) is 9.77. The average molecular weight is 262 g/mol. The van der Waals surface area contributed by atoms with Crippen LogP contribution in [0.25, 0.3) is 0 Å². The summed E-state index contributed by atoms with van der Waals surface area (Å²) in [4.78, 5) is 13.1. The molecule has 0 aliphatic carbocycles. The zero-order chi connectivity index (χ0) is 12.7. The summed E-state index contributed by atoms with van der Waals surface area (Å²) < 4.78 is 18.9. The van der Waals surface area contributed by atoms with Gasteiger partial charge in [-0.15, -0.1) is 11.3 Å². The molecule has 3 rings (SSSR count). The number of carbonyl (C=O) groups excluding carboxylic acids is 1. The van der Waals surface area contributed by atoms with Crippen LogP contribution >= 0.6 is 11.3 Å². The third-order valence-corrected chi connectivity index (χ3v) is 4.19. The molecule has 1 unspecified atom stereocenters. The Hall–Kier alpha value is -1.68. The van der Waals surface area contributed by atoms with Gasteiger partial charge in [0, 0.05) is 10.9 Å². The Labute approximate surface area is 108 Å². The highest BCUT2D eigenvalue weighted by Crippen LogP contribution is 2.38. The summed E-state index contributed by atoms with van der Waals surface area (Å²) in [7, 11) is 0. The predicted molar refractivity (Wildman–Crippen MR) is 67.8 cm³/mol. The molecule has 0 radical (unpaired) electrons. The van der Waals surface area contributed by atoms with E-state index in [1.165, 1.54) is 18.2 Å². The number of hydrogen-bond acceptors (Lipinski definition) is 3. The van der Waals surface area contributed by atoms with E-state index in [4.69, 9.17) is 4.74 Å². The van der Waals surface area contributed by atoms with Gasteiger partial charge in [0.25, 0.3) is 0 Å². The van der Waals surface area contributed by atoms with Crippen molar-refractivity contribution in [2.75, 3.05) is 0 Å². The largest absolute Gasteiger partial charge is 0.484 e. The Kier molecular flexibility index (Phi) is 2.67. The number of Topliss-reactive ketones (excluding diaryl/α,β-unsaturated/α-hetero) is 1. The molecule has 1 aliphatic rings. The minimum absolute atomic E-state index is 0.00838. The number of halogens is 1. The fourth-order valence-electron chi connectivity index (χ4n) is 2.16. The molecule has 2 nitrogen and oxygen atoms in total. The number of thiophene rings is 1. The van der Waals surface area contributed by atoms with Gasteiger partial charge in [0.2, 0.25) is 0 Å². The summed E-state index contributed by atoms with van der Waals surface area (Å²) in [5, 5.41) is 1.97. The molecule has 0 fully saturated rings. The maximum Gasteiger partial charge on any atom is 0.170 e. The van der Waals surface area contributed by atoms with Crippen LogP contribution in [0, 0.1) is 12.7 Å². The van der Waals surface area contributed by atoms with Gasteiger partial charge < -0.3 is 4.74 Å². The summed E-state index contributed by atoms with van der Waals surface area (Å²) in [5.74, 6) is -0.0248. The van der Waals surface area contributed by atoms with Crippen molar-refractivity contribution in [3.8, 4) is 5.75 Å². The Morgan fingerprint density at radius 1 is 1.39 bits per heavy atom. The molecule has 1 atom stereocenters. The molecule has 0 saturated carbocycles. The first-order chi connectivity index (χ1) is 8.65. The smallest absolute Gasteiger partial charge is 0.170 e. The number of ketones is 1. The lowest BCUT2D eigenvalue weighted by atomic mass is 9.99. The van der Waals surface area contributed by atoms with Crippen LogP contribution in [-0.4, -0.2) is 5.78 Å². The number of ether oxygens (including phenoxy) is 1. The normalized spacial score (nSPS) is 18.3. The third kappa shape index (κ3) is 1.82. The first-order valence-corrected chi connectivity index (χ1v) is 6.56. The molecule has 92 valence electrons. The number of aryl methyl sites for hydroxylation is 1. The topological polar surface area (TPSA) is 26.3 Å². The average Bonchev–Trinajstić information content (AvgIpc) is 2.74. The Bertz CT molecular complexity index is 618. The van der Waals surface area contributed by atoms with Crippen molar-refractivity contribution in [1.29, 1.82) is 0 Å². The molecule has 1 aromatic carbocycles. The van der Waals surface area contributed by atoms with Crippen LogP contribution in [0.5, 0.6) is 5.75 Å². The van der Waals surface area contributed by atoms with Gasteiger partial charge >= 0.3 is 0 Å². The molecule has 0 amide bonds. The van der Waals surface area contributed by atoms with Crippen LogP contribution in [0.2, 0.25) is 0 Å². The van der Waals surface area contributed by atoms with E-state index in [1.54, 1.807) is 11.3 Å². The molecule has 0 saturated heterocycles. The molecule has 0 spiro atoms. The van der Waals surface area contributed by atoms with E-state index in [-0.39, 0.29) is 17.7 Å². The molecule has 4 heteroatoms. The number of benzene rings is 1. The van der Waals surface area contributed by atoms with Gasteiger partial charge in [-0.05, 0) is 36.1 Å². The van der Waals surface area contributed by atoms with E-state index < -0.39 is 0 Å². The molecule has 1 aliphatic heterocycles. The summed E-state index contributed by atoms with van der Waals surface area (Å²) in [6, 6.07) is 6.05. The first-order valence-electron chi connectivity index (χ1n) is 5.68. The van der Waals surface area contributed by atoms with Gasteiger partial charge in [0.15, 0.2) is 5.78 Å². The molecular formula is C14H11FO2S. The van der Waals surface area contributed by atoms with E-state index in [0.29, 0.717) is 17.7 Å². The lowest BCUT2D eigenvalue weighted by Crippen LogP contribution is -2.20. The van der Waals surface area contributed by atoms with Gasteiger partial charge in [-0.2, -0.15) is 0 Å². The summed E-state index contributed by atoms with van der Waals surface area (Å²) >= 11 is 1.57. The first kappa shape index (κ1) is 11.4. The number of carbonyl (C=O) groups is 1. The van der Waals surface area contributed by atoms with Crippen molar-refractivity contribution in [3.63, 3.8) is 0 Å². The van der Waals surface area contributed by atoms with Crippen molar-refractivity contribution in [3.05, 3.63) is 51.5 Å². The molecular weight excluding hydrogens is 251 g/mol. The third-order valence-electron chi connectivity index (χ3n) is 3.08. The highest BCUT2D eigenvalue weighted by Gasteiger charge is 2.29. The number of rotatable bonds is 1. The van der Waals surface area contributed by atoms with Crippen LogP contribution < -0.4 is 4.74 Å². The van der Waals surface area contributed by atoms with Gasteiger partial charge in [0.05, 0.1) is 12.0 Å². The molecule has 0 bridgehead atoms. The lowest BCUT2D eigenvalue weighted by molar-refractivity contribution is 0.0853. The number of hydrogen-bond donors (Lipinski definition) is 0. The minimum atomic E-state index is -0.384. The Balaban J connectivity index is 2.01. The maximum absolute atomic E-state index is 13.2. The van der Waals surface area contributed by atoms with Crippen LogP contribution in [-0.2, 0) is 0 Å². The van der Waals surface area contributed by atoms with Crippen LogP contribution in [0.15, 0.2) is 29.6 Å². The molecule has 0 N–H and O–H groups in total. The molecule has 1 aromatic heterocycles. The second-order valence-electron chi connectivity index (χ2n) is 4.34. The van der Waals surface area contributed by atoms with Crippen molar-refractivity contribution < 1.29 is 13.9 Å². The molecule has 2 heterocycles.